The van der Waals surface area contributed by atoms with E-state index in [1.54, 1.807) is 11.1 Å². The second kappa shape index (κ2) is 13.9. The molecule has 1 aliphatic carbocycles. The van der Waals surface area contributed by atoms with Crippen molar-refractivity contribution in [3.05, 3.63) is 30.1 Å². The van der Waals surface area contributed by atoms with Crippen LogP contribution < -0.4 is 0 Å². The van der Waals surface area contributed by atoms with Crippen molar-refractivity contribution in [2.75, 3.05) is 26.7 Å². The summed E-state index contributed by atoms with van der Waals surface area (Å²) in [6.07, 6.45) is -2.18. The van der Waals surface area contributed by atoms with Crippen LogP contribution in [0.3, 0.4) is 0 Å². The number of pyridine rings is 1. The lowest BCUT2D eigenvalue weighted by molar-refractivity contribution is -0.193. The number of piperidine rings is 1. The summed E-state index contributed by atoms with van der Waals surface area (Å²) < 4.78 is 69.7. The number of rotatable bonds is 5. The molecule has 0 radical (unpaired) electrons. The molecule has 2 saturated heterocycles. The Bertz CT molecular complexity index is 934. The number of carbonyl (C=O) groups excluding carboxylic acids is 1. The van der Waals surface area contributed by atoms with E-state index in [2.05, 4.69) is 9.88 Å². The molecule has 0 spiro atoms. The van der Waals surface area contributed by atoms with Gasteiger partial charge in [-0.1, -0.05) is 12.5 Å². The smallest absolute Gasteiger partial charge is 0.475 e. The summed E-state index contributed by atoms with van der Waals surface area (Å²) in [7, 11) is 1.85. The molecule has 39 heavy (non-hydrogen) atoms. The highest BCUT2D eigenvalue weighted by Gasteiger charge is 2.43. The van der Waals surface area contributed by atoms with E-state index in [1.807, 2.05) is 25.2 Å². The Balaban J connectivity index is 0.000000317. The number of halogens is 6. The van der Waals surface area contributed by atoms with Crippen LogP contribution in [-0.2, 0) is 25.7 Å². The van der Waals surface area contributed by atoms with Crippen LogP contribution in [0, 0.1) is 11.8 Å². The zero-order chi connectivity index (χ0) is 29.4. The van der Waals surface area contributed by atoms with E-state index in [0.717, 1.165) is 24.6 Å². The van der Waals surface area contributed by atoms with Gasteiger partial charge in [-0.2, -0.15) is 26.3 Å². The van der Waals surface area contributed by atoms with Gasteiger partial charge < -0.3 is 24.7 Å². The van der Waals surface area contributed by atoms with Gasteiger partial charge in [0.2, 0.25) is 0 Å². The molecule has 1 aromatic heterocycles. The first kappa shape index (κ1) is 32.3. The molecule has 0 aromatic carbocycles. The summed E-state index contributed by atoms with van der Waals surface area (Å²) in [5.41, 5.74) is 0.917. The maximum Gasteiger partial charge on any atom is 0.490 e. The molecule has 1 aromatic rings. The Morgan fingerprint density at radius 2 is 1.64 bits per heavy atom. The van der Waals surface area contributed by atoms with Crippen molar-refractivity contribution in [2.24, 2.45) is 11.8 Å². The third-order valence-corrected chi connectivity index (χ3v) is 6.64. The lowest BCUT2D eigenvalue weighted by Crippen LogP contribution is -2.45. The molecule has 3 heterocycles. The number of carbonyl (C=O) groups is 3. The lowest BCUT2D eigenvalue weighted by Gasteiger charge is -2.38. The van der Waals surface area contributed by atoms with Gasteiger partial charge in [0.1, 0.15) is 6.10 Å². The molecule has 9 nitrogen and oxygen atoms in total. The molecule has 3 fully saturated rings. The molecular weight excluding hydrogens is 540 g/mol. The molecule has 1 amide bonds. The third kappa shape index (κ3) is 10.6. The highest BCUT2D eigenvalue weighted by atomic mass is 19.4. The van der Waals surface area contributed by atoms with Gasteiger partial charge in [0.15, 0.2) is 0 Å². The average Bonchev–Trinajstić information content (AvgIpc) is 3.24. The molecule has 3 atom stereocenters. The zero-order valence-electron chi connectivity index (χ0n) is 21.1. The number of aromatic nitrogens is 1. The van der Waals surface area contributed by atoms with Crippen molar-refractivity contribution >= 4 is 17.8 Å². The van der Waals surface area contributed by atoms with Gasteiger partial charge >= 0.3 is 24.3 Å². The largest absolute Gasteiger partial charge is 0.490 e. The first-order valence-electron chi connectivity index (χ1n) is 12.2. The van der Waals surface area contributed by atoms with Crippen LogP contribution in [-0.4, -0.2) is 94.1 Å². The van der Waals surface area contributed by atoms with Crippen LogP contribution >= 0.6 is 0 Å². The van der Waals surface area contributed by atoms with Gasteiger partial charge in [-0.05, 0) is 56.2 Å². The fourth-order valence-corrected chi connectivity index (χ4v) is 4.42. The SMILES string of the molecule is CN(Cc1ccccn1)C(=O)[C@H]1C[C@@H]2CCN(CC3CCC3)C[C@H]2O1.O=C(O)C(F)(F)F.O=C(O)C(F)(F)F. The minimum atomic E-state index is -5.08. The number of carboxylic acid groups (broad SMARTS) is 2. The maximum absolute atomic E-state index is 12.8. The van der Waals surface area contributed by atoms with Crippen molar-refractivity contribution < 1.29 is 55.7 Å². The second-order valence-electron chi connectivity index (χ2n) is 9.63. The number of alkyl halides is 6. The Kier molecular flexibility index (Phi) is 11.5. The third-order valence-electron chi connectivity index (χ3n) is 6.64. The van der Waals surface area contributed by atoms with Crippen LogP contribution in [0.4, 0.5) is 26.3 Å². The Morgan fingerprint density at radius 1 is 1.05 bits per heavy atom. The predicted molar refractivity (Wildman–Crippen MR) is 123 cm³/mol. The van der Waals surface area contributed by atoms with E-state index in [4.69, 9.17) is 24.5 Å². The minimum absolute atomic E-state index is 0.102. The number of hydrogen-bond acceptors (Lipinski definition) is 6. The van der Waals surface area contributed by atoms with E-state index in [1.165, 1.54) is 38.8 Å². The summed E-state index contributed by atoms with van der Waals surface area (Å²) in [5.74, 6) is -3.96. The van der Waals surface area contributed by atoms with Gasteiger partial charge in [0.05, 0.1) is 18.3 Å². The van der Waals surface area contributed by atoms with Crippen LogP contribution in [0.5, 0.6) is 0 Å². The number of amides is 1. The van der Waals surface area contributed by atoms with Crippen molar-refractivity contribution in [3.63, 3.8) is 0 Å². The second-order valence-corrected chi connectivity index (χ2v) is 9.63. The maximum atomic E-state index is 12.8. The Hall–Kier alpha value is -2.94. The quantitative estimate of drug-likeness (QED) is 0.515. The van der Waals surface area contributed by atoms with E-state index < -0.39 is 24.3 Å². The number of aliphatic carboxylic acids is 2. The van der Waals surface area contributed by atoms with E-state index in [-0.39, 0.29) is 18.1 Å². The number of likely N-dealkylation sites (N-methyl/N-ethyl adjacent to an activating group) is 1. The average molecular weight is 572 g/mol. The first-order chi connectivity index (χ1) is 18.1. The molecule has 2 aliphatic heterocycles. The van der Waals surface area contributed by atoms with E-state index in [9.17, 15) is 31.1 Å². The van der Waals surface area contributed by atoms with Gasteiger partial charge in [-0.15, -0.1) is 0 Å². The zero-order valence-corrected chi connectivity index (χ0v) is 21.1. The normalized spacial score (nSPS) is 23.2. The van der Waals surface area contributed by atoms with Crippen LogP contribution in [0.2, 0.25) is 0 Å². The number of nitrogens with zero attached hydrogens (tertiary/aromatic N) is 3. The van der Waals surface area contributed by atoms with Gasteiger partial charge in [-0.3, -0.25) is 9.78 Å². The Labute approximate surface area is 220 Å². The van der Waals surface area contributed by atoms with E-state index >= 15 is 0 Å². The van der Waals surface area contributed by atoms with Crippen LogP contribution in [0.1, 0.15) is 37.8 Å². The van der Waals surface area contributed by atoms with E-state index in [0.29, 0.717) is 12.5 Å². The highest BCUT2D eigenvalue weighted by molar-refractivity contribution is 5.81. The summed E-state index contributed by atoms with van der Waals surface area (Å²) in [6.45, 7) is 3.95. The molecule has 2 N–H and O–H groups in total. The van der Waals surface area contributed by atoms with Crippen molar-refractivity contribution in [3.8, 4) is 0 Å². The standard InChI is InChI=1S/C20H29N3O2.2C2HF3O2/c1-22(13-17-7-2-3-9-21-17)20(24)18-11-16-8-10-23(14-19(16)25-18)12-15-5-4-6-15;2*3-2(4,5)1(6)7/h2-3,7,9,15-16,18-19H,4-6,8,10-14H2,1H3;2*(H,6,7)/t16-,18+,19+;;/m0../s1. The topological polar surface area (TPSA) is 120 Å². The summed E-state index contributed by atoms with van der Waals surface area (Å²) in [6, 6.07) is 5.81. The highest BCUT2D eigenvalue weighted by Crippen LogP contribution is 2.35. The molecule has 1 saturated carbocycles. The summed E-state index contributed by atoms with van der Waals surface area (Å²) >= 11 is 0. The minimum Gasteiger partial charge on any atom is -0.475 e. The monoisotopic (exact) mass is 571 g/mol. The molecular formula is C24H31F6N3O6. The summed E-state index contributed by atoms with van der Waals surface area (Å²) in [4.78, 5) is 39.2. The summed E-state index contributed by atoms with van der Waals surface area (Å²) in [5, 5.41) is 14.2. The molecule has 0 bridgehead atoms. The fraction of sp³-hybridized carbons (Fsp3) is 0.667. The number of ether oxygens (including phenoxy) is 1. The molecule has 0 unspecified atom stereocenters. The van der Waals surface area contributed by atoms with Gasteiger partial charge in [0, 0.05) is 26.3 Å². The predicted octanol–water partition coefficient (Wildman–Crippen LogP) is 3.59. The van der Waals surface area contributed by atoms with Crippen molar-refractivity contribution in [2.45, 2.75) is 63.2 Å². The number of fused-ring (bicyclic) bond motifs is 1. The number of carboxylic acids is 2. The van der Waals surface area contributed by atoms with Crippen LogP contribution in [0.15, 0.2) is 24.4 Å². The van der Waals surface area contributed by atoms with Crippen molar-refractivity contribution in [1.29, 1.82) is 0 Å². The van der Waals surface area contributed by atoms with Gasteiger partial charge in [0.25, 0.3) is 5.91 Å². The van der Waals surface area contributed by atoms with Crippen LogP contribution in [0.25, 0.3) is 0 Å². The van der Waals surface area contributed by atoms with Gasteiger partial charge in [-0.25, -0.2) is 9.59 Å². The molecule has 220 valence electrons. The Morgan fingerprint density at radius 3 is 2.10 bits per heavy atom. The molecule has 15 heteroatoms. The fourth-order valence-electron chi connectivity index (χ4n) is 4.42. The molecule has 4 rings (SSSR count). The lowest BCUT2D eigenvalue weighted by atomic mass is 9.84. The first-order valence-corrected chi connectivity index (χ1v) is 12.2. The number of likely N-dealkylation sites (tertiary alicyclic amines) is 1. The number of hydrogen-bond donors (Lipinski definition) is 2. The molecule has 3 aliphatic rings. The van der Waals surface area contributed by atoms with Crippen molar-refractivity contribution in [1.82, 2.24) is 14.8 Å².